The smallest absolute Gasteiger partial charge is 0.0592 e. The molecular formula is C11H16BrClN2. The molecule has 0 radical (unpaired) electrons. The van der Waals surface area contributed by atoms with Crippen molar-refractivity contribution in [3.63, 3.8) is 0 Å². The lowest BCUT2D eigenvalue weighted by Gasteiger charge is -2.14. The number of likely N-dealkylation sites (N-methyl/N-ethyl adjacent to an activating group) is 1. The number of nitrogens with one attached hydrogen (secondary N) is 2. The predicted octanol–water partition coefficient (Wildman–Crippen LogP) is 2.80. The van der Waals surface area contributed by atoms with Crippen molar-refractivity contribution in [2.24, 2.45) is 0 Å². The molecule has 0 aliphatic rings. The van der Waals surface area contributed by atoms with Crippen molar-refractivity contribution in [1.29, 1.82) is 0 Å². The monoisotopic (exact) mass is 290 g/mol. The van der Waals surface area contributed by atoms with Gasteiger partial charge in [0.2, 0.25) is 0 Å². The first-order chi connectivity index (χ1) is 7.15. The van der Waals surface area contributed by atoms with E-state index in [2.05, 4.69) is 33.5 Å². The Morgan fingerprint density at radius 1 is 1.47 bits per heavy atom. The summed E-state index contributed by atoms with van der Waals surface area (Å²) in [5.41, 5.74) is 1.12. The van der Waals surface area contributed by atoms with Gasteiger partial charge in [-0.15, -0.1) is 0 Å². The molecule has 0 aliphatic heterocycles. The van der Waals surface area contributed by atoms with Crippen LogP contribution in [0.15, 0.2) is 22.7 Å². The highest BCUT2D eigenvalue weighted by molar-refractivity contribution is 9.10. The molecule has 0 saturated carbocycles. The highest BCUT2D eigenvalue weighted by Crippen LogP contribution is 2.25. The molecule has 1 atom stereocenters. The molecule has 0 amide bonds. The third-order valence-corrected chi connectivity index (χ3v) is 3.52. The van der Waals surface area contributed by atoms with Gasteiger partial charge >= 0.3 is 0 Å². The van der Waals surface area contributed by atoms with Gasteiger partial charge in [0.1, 0.15) is 0 Å². The molecule has 0 spiro atoms. The number of hydrogen-bond donors (Lipinski definition) is 2. The topological polar surface area (TPSA) is 24.1 Å². The van der Waals surface area contributed by atoms with E-state index < -0.39 is 0 Å². The second-order valence-electron chi connectivity index (χ2n) is 3.55. The number of benzene rings is 1. The van der Waals surface area contributed by atoms with Crippen LogP contribution in [-0.4, -0.2) is 19.6 Å². The summed E-state index contributed by atoms with van der Waals surface area (Å²) in [6, 6.07) is 6.41. The molecular weight excluding hydrogens is 275 g/mol. The van der Waals surface area contributed by atoms with Crippen LogP contribution >= 0.6 is 27.5 Å². The van der Waals surface area contributed by atoms with E-state index in [1.165, 1.54) is 0 Å². The van der Waals surface area contributed by atoms with E-state index in [9.17, 15) is 0 Å². The van der Waals surface area contributed by atoms with Gasteiger partial charge in [-0.25, -0.2) is 0 Å². The van der Waals surface area contributed by atoms with Gasteiger partial charge in [-0.2, -0.15) is 0 Å². The highest BCUT2D eigenvalue weighted by atomic mass is 79.9. The van der Waals surface area contributed by atoms with Gasteiger partial charge in [0.25, 0.3) is 0 Å². The Balaban J connectivity index is 2.54. The van der Waals surface area contributed by atoms with E-state index in [4.69, 9.17) is 11.6 Å². The summed E-state index contributed by atoms with van der Waals surface area (Å²) < 4.78 is 0.949. The zero-order chi connectivity index (χ0) is 11.3. The van der Waals surface area contributed by atoms with Gasteiger partial charge in [0.15, 0.2) is 0 Å². The molecule has 1 unspecified atom stereocenters. The van der Waals surface area contributed by atoms with Crippen LogP contribution in [0.1, 0.15) is 12.5 Å². The van der Waals surface area contributed by atoms with Crippen LogP contribution in [0.25, 0.3) is 0 Å². The quantitative estimate of drug-likeness (QED) is 0.872. The molecule has 1 rings (SSSR count). The first-order valence-electron chi connectivity index (χ1n) is 4.96. The van der Waals surface area contributed by atoms with Gasteiger partial charge in [0, 0.05) is 23.6 Å². The summed E-state index contributed by atoms with van der Waals surface area (Å²) >= 11 is 9.56. The van der Waals surface area contributed by atoms with Crippen LogP contribution in [0.3, 0.4) is 0 Å². The van der Waals surface area contributed by atoms with E-state index in [0.717, 1.165) is 28.1 Å². The molecule has 15 heavy (non-hydrogen) atoms. The third-order valence-electron chi connectivity index (χ3n) is 2.18. The molecule has 0 heterocycles. The fourth-order valence-electron chi connectivity index (χ4n) is 1.35. The standard InChI is InChI=1S/C11H16BrClN2/c1-8(6-14-2)15-7-9-4-3-5-10(12)11(9)13/h3-5,8,14-15H,6-7H2,1-2H3. The molecule has 0 saturated heterocycles. The van der Waals surface area contributed by atoms with E-state index in [1.807, 2.05) is 25.2 Å². The van der Waals surface area contributed by atoms with E-state index in [1.54, 1.807) is 0 Å². The van der Waals surface area contributed by atoms with E-state index in [0.29, 0.717) is 6.04 Å². The minimum absolute atomic E-state index is 0.435. The highest BCUT2D eigenvalue weighted by Gasteiger charge is 2.05. The summed E-state index contributed by atoms with van der Waals surface area (Å²) in [5.74, 6) is 0. The Hall–Kier alpha value is -0.0900. The molecule has 84 valence electrons. The predicted molar refractivity (Wildman–Crippen MR) is 69.4 cm³/mol. The molecule has 0 fully saturated rings. The van der Waals surface area contributed by atoms with Crippen LogP contribution in [-0.2, 0) is 6.54 Å². The second-order valence-corrected chi connectivity index (χ2v) is 4.78. The fraction of sp³-hybridized carbons (Fsp3) is 0.455. The molecule has 0 aromatic heterocycles. The maximum absolute atomic E-state index is 6.15. The summed E-state index contributed by atoms with van der Waals surface area (Å²) in [6.07, 6.45) is 0. The van der Waals surface area contributed by atoms with Crippen molar-refractivity contribution >= 4 is 27.5 Å². The average molecular weight is 292 g/mol. The molecule has 1 aromatic rings. The van der Waals surface area contributed by atoms with Crippen molar-refractivity contribution in [3.05, 3.63) is 33.3 Å². The Labute approximate surface area is 105 Å². The minimum atomic E-state index is 0.435. The Morgan fingerprint density at radius 3 is 2.87 bits per heavy atom. The van der Waals surface area contributed by atoms with Crippen LogP contribution in [0.4, 0.5) is 0 Å². The summed E-state index contributed by atoms with van der Waals surface area (Å²) in [5, 5.41) is 7.32. The maximum Gasteiger partial charge on any atom is 0.0592 e. The largest absolute Gasteiger partial charge is 0.318 e. The van der Waals surface area contributed by atoms with Gasteiger partial charge in [-0.05, 0) is 41.5 Å². The van der Waals surface area contributed by atoms with Crippen molar-refractivity contribution < 1.29 is 0 Å². The Kier molecular flexibility index (Phi) is 5.61. The van der Waals surface area contributed by atoms with Gasteiger partial charge in [0.05, 0.1) is 5.02 Å². The summed E-state index contributed by atoms with van der Waals surface area (Å²) in [6.45, 7) is 3.88. The van der Waals surface area contributed by atoms with Crippen LogP contribution in [0, 0.1) is 0 Å². The normalized spacial score (nSPS) is 12.8. The van der Waals surface area contributed by atoms with E-state index in [-0.39, 0.29) is 0 Å². The lowest BCUT2D eigenvalue weighted by Crippen LogP contribution is -2.34. The Morgan fingerprint density at radius 2 is 2.20 bits per heavy atom. The first-order valence-corrected chi connectivity index (χ1v) is 6.13. The molecule has 0 aliphatic carbocycles. The van der Waals surface area contributed by atoms with E-state index >= 15 is 0 Å². The van der Waals surface area contributed by atoms with Crippen LogP contribution in [0.5, 0.6) is 0 Å². The molecule has 0 bridgehead atoms. The SMILES string of the molecule is CNCC(C)NCc1cccc(Br)c1Cl. The zero-order valence-corrected chi connectivity index (χ0v) is 11.3. The van der Waals surface area contributed by atoms with Gasteiger partial charge < -0.3 is 10.6 Å². The van der Waals surface area contributed by atoms with Crippen molar-refractivity contribution in [2.75, 3.05) is 13.6 Å². The zero-order valence-electron chi connectivity index (χ0n) is 8.98. The van der Waals surface area contributed by atoms with Crippen LogP contribution < -0.4 is 10.6 Å². The first kappa shape index (κ1) is 13.0. The maximum atomic E-state index is 6.15. The minimum Gasteiger partial charge on any atom is -0.318 e. The summed E-state index contributed by atoms with van der Waals surface area (Å²) in [7, 11) is 1.95. The third kappa shape index (κ3) is 4.11. The van der Waals surface area contributed by atoms with Gasteiger partial charge in [-0.1, -0.05) is 23.7 Å². The lowest BCUT2D eigenvalue weighted by atomic mass is 10.2. The second kappa shape index (κ2) is 6.48. The van der Waals surface area contributed by atoms with Gasteiger partial charge in [-0.3, -0.25) is 0 Å². The molecule has 2 N–H and O–H groups in total. The lowest BCUT2D eigenvalue weighted by molar-refractivity contribution is 0.523. The average Bonchev–Trinajstić information content (AvgIpc) is 2.21. The number of halogens is 2. The van der Waals surface area contributed by atoms with Crippen molar-refractivity contribution in [3.8, 4) is 0 Å². The fourth-order valence-corrected chi connectivity index (χ4v) is 1.95. The molecule has 1 aromatic carbocycles. The number of hydrogen-bond acceptors (Lipinski definition) is 2. The molecule has 4 heteroatoms. The van der Waals surface area contributed by atoms with Crippen molar-refractivity contribution in [2.45, 2.75) is 19.5 Å². The van der Waals surface area contributed by atoms with Crippen molar-refractivity contribution in [1.82, 2.24) is 10.6 Å². The van der Waals surface area contributed by atoms with Crippen LogP contribution in [0.2, 0.25) is 5.02 Å². The number of rotatable bonds is 5. The molecule has 2 nitrogen and oxygen atoms in total. The summed E-state index contributed by atoms with van der Waals surface area (Å²) in [4.78, 5) is 0. The Bertz CT molecular complexity index is 317.